The summed E-state index contributed by atoms with van der Waals surface area (Å²) in [6, 6.07) is 14.5. The molecule has 2 aromatic carbocycles. The Morgan fingerprint density at radius 1 is 1.12 bits per heavy atom. The molecule has 25 heavy (non-hydrogen) atoms. The molecule has 0 aliphatic rings. The van der Waals surface area contributed by atoms with E-state index in [1.807, 2.05) is 13.8 Å². The van der Waals surface area contributed by atoms with Crippen molar-refractivity contribution in [3.05, 3.63) is 59.6 Å². The van der Waals surface area contributed by atoms with E-state index in [-0.39, 0.29) is 23.3 Å². The van der Waals surface area contributed by atoms with E-state index in [4.69, 9.17) is 11.6 Å². The number of rotatable bonds is 7. The summed E-state index contributed by atoms with van der Waals surface area (Å²) in [6.07, 6.45) is 0. The Morgan fingerprint density at radius 3 is 2.40 bits per heavy atom. The van der Waals surface area contributed by atoms with Gasteiger partial charge < -0.3 is 5.32 Å². The van der Waals surface area contributed by atoms with Crippen LogP contribution in [0.1, 0.15) is 13.8 Å². The number of carbonyl (C=O) groups is 1. The minimum Gasteiger partial charge on any atom is -0.354 e. The first kappa shape index (κ1) is 19.3. The number of nitrogens with one attached hydrogen (secondary N) is 1. The summed E-state index contributed by atoms with van der Waals surface area (Å²) >= 11 is 6.00. The maximum Gasteiger partial charge on any atom is 0.264 e. The van der Waals surface area contributed by atoms with Crippen molar-refractivity contribution in [1.82, 2.24) is 5.32 Å². The molecule has 0 radical (unpaired) electrons. The van der Waals surface area contributed by atoms with E-state index >= 15 is 0 Å². The van der Waals surface area contributed by atoms with Gasteiger partial charge in [-0.1, -0.05) is 49.7 Å². The predicted octanol–water partition coefficient (Wildman–Crippen LogP) is 3.31. The Morgan fingerprint density at radius 2 is 1.80 bits per heavy atom. The van der Waals surface area contributed by atoms with Crippen LogP contribution in [0.25, 0.3) is 0 Å². The average Bonchev–Trinajstić information content (AvgIpc) is 2.58. The van der Waals surface area contributed by atoms with Gasteiger partial charge in [0.1, 0.15) is 6.54 Å². The number of carbonyl (C=O) groups excluding carboxylic acids is 1. The molecule has 0 atom stereocenters. The summed E-state index contributed by atoms with van der Waals surface area (Å²) < 4.78 is 27.1. The quantitative estimate of drug-likeness (QED) is 0.801. The molecule has 0 aliphatic carbocycles. The Balaban J connectivity index is 2.37. The van der Waals surface area contributed by atoms with Gasteiger partial charge in [0.15, 0.2) is 0 Å². The van der Waals surface area contributed by atoms with Crippen molar-refractivity contribution in [2.24, 2.45) is 5.92 Å². The molecule has 2 aromatic rings. The van der Waals surface area contributed by atoms with Crippen molar-refractivity contribution in [2.45, 2.75) is 18.7 Å². The van der Waals surface area contributed by atoms with Crippen LogP contribution in [0.5, 0.6) is 0 Å². The fourth-order valence-corrected chi connectivity index (χ4v) is 3.79. The second-order valence-electron chi connectivity index (χ2n) is 6.00. The van der Waals surface area contributed by atoms with Gasteiger partial charge in [0, 0.05) is 11.6 Å². The Bertz CT molecular complexity index is 823. The third kappa shape index (κ3) is 5.21. The van der Waals surface area contributed by atoms with Crippen LogP contribution >= 0.6 is 11.6 Å². The molecule has 7 heteroatoms. The molecule has 0 aliphatic heterocycles. The molecule has 0 saturated carbocycles. The van der Waals surface area contributed by atoms with Gasteiger partial charge in [-0.05, 0) is 36.2 Å². The summed E-state index contributed by atoms with van der Waals surface area (Å²) in [5.41, 5.74) is 0.344. The zero-order chi connectivity index (χ0) is 18.4. The van der Waals surface area contributed by atoms with Crippen molar-refractivity contribution in [3.8, 4) is 0 Å². The maximum atomic E-state index is 13.0. The highest BCUT2D eigenvalue weighted by atomic mass is 35.5. The molecular formula is C18H21ClN2O3S. The topological polar surface area (TPSA) is 66.5 Å². The zero-order valence-electron chi connectivity index (χ0n) is 14.1. The Hall–Kier alpha value is -2.05. The normalized spacial score (nSPS) is 11.4. The van der Waals surface area contributed by atoms with Gasteiger partial charge in [-0.3, -0.25) is 9.10 Å². The molecule has 0 spiro atoms. The van der Waals surface area contributed by atoms with Crippen molar-refractivity contribution in [1.29, 1.82) is 0 Å². The number of nitrogens with zero attached hydrogens (tertiary/aromatic N) is 1. The van der Waals surface area contributed by atoms with Crippen molar-refractivity contribution in [3.63, 3.8) is 0 Å². The molecule has 0 unspecified atom stereocenters. The number of benzene rings is 2. The highest BCUT2D eigenvalue weighted by Gasteiger charge is 2.27. The van der Waals surface area contributed by atoms with Crippen LogP contribution in [-0.4, -0.2) is 27.4 Å². The van der Waals surface area contributed by atoms with E-state index in [2.05, 4.69) is 5.32 Å². The lowest BCUT2D eigenvalue weighted by atomic mass is 10.2. The molecule has 0 fully saturated rings. The van der Waals surface area contributed by atoms with Gasteiger partial charge in [0.2, 0.25) is 5.91 Å². The van der Waals surface area contributed by atoms with E-state index in [9.17, 15) is 13.2 Å². The third-order valence-electron chi connectivity index (χ3n) is 3.42. The first-order valence-corrected chi connectivity index (χ1v) is 9.72. The number of hydrogen-bond donors (Lipinski definition) is 1. The van der Waals surface area contributed by atoms with Gasteiger partial charge in [0.25, 0.3) is 10.0 Å². The van der Waals surface area contributed by atoms with Crippen molar-refractivity contribution in [2.75, 3.05) is 17.4 Å². The molecule has 0 bridgehead atoms. The first-order chi connectivity index (χ1) is 11.8. The van der Waals surface area contributed by atoms with Gasteiger partial charge >= 0.3 is 0 Å². The van der Waals surface area contributed by atoms with E-state index in [0.717, 1.165) is 4.31 Å². The largest absolute Gasteiger partial charge is 0.354 e. The van der Waals surface area contributed by atoms with E-state index in [1.54, 1.807) is 36.4 Å². The second-order valence-corrected chi connectivity index (χ2v) is 8.30. The number of halogens is 1. The zero-order valence-corrected chi connectivity index (χ0v) is 15.7. The van der Waals surface area contributed by atoms with Crippen molar-refractivity contribution >= 4 is 33.2 Å². The summed E-state index contributed by atoms with van der Waals surface area (Å²) in [5, 5.41) is 3.14. The minimum absolute atomic E-state index is 0.117. The SMILES string of the molecule is CC(C)CNC(=O)CN(c1cccc(Cl)c1)S(=O)(=O)c1ccccc1. The Kier molecular flexibility index (Phi) is 6.45. The summed E-state index contributed by atoms with van der Waals surface area (Å²) in [5.74, 6) is -0.0949. The van der Waals surface area contributed by atoms with Gasteiger partial charge in [-0.25, -0.2) is 8.42 Å². The minimum atomic E-state index is -3.89. The summed E-state index contributed by atoms with van der Waals surface area (Å²) in [7, 11) is -3.89. The lowest BCUT2D eigenvalue weighted by Crippen LogP contribution is -2.41. The highest BCUT2D eigenvalue weighted by Crippen LogP contribution is 2.25. The highest BCUT2D eigenvalue weighted by molar-refractivity contribution is 7.92. The summed E-state index contributed by atoms with van der Waals surface area (Å²) in [6.45, 7) is 4.10. The lowest BCUT2D eigenvalue weighted by molar-refractivity contribution is -0.119. The van der Waals surface area contributed by atoms with Crippen LogP contribution in [0.4, 0.5) is 5.69 Å². The van der Waals surface area contributed by atoms with Crippen molar-refractivity contribution < 1.29 is 13.2 Å². The molecule has 5 nitrogen and oxygen atoms in total. The summed E-state index contributed by atoms with van der Waals surface area (Å²) in [4.78, 5) is 12.4. The molecule has 134 valence electrons. The van der Waals surface area contributed by atoms with E-state index < -0.39 is 10.0 Å². The molecule has 2 rings (SSSR count). The van der Waals surface area contributed by atoms with E-state index in [0.29, 0.717) is 17.3 Å². The molecule has 0 heterocycles. The number of anilines is 1. The molecule has 0 saturated heterocycles. The van der Waals surface area contributed by atoms with Crippen LogP contribution in [0.3, 0.4) is 0 Å². The smallest absolute Gasteiger partial charge is 0.264 e. The lowest BCUT2D eigenvalue weighted by Gasteiger charge is -2.24. The monoisotopic (exact) mass is 380 g/mol. The van der Waals surface area contributed by atoms with Crippen LogP contribution in [0.15, 0.2) is 59.5 Å². The average molecular weight is 381 g/mol. The molecule has 1 amide bonds. The van der Waals surface area contributed by atoms with Gasteiger partial charge in [-0.15, -0.1) is 0 Å². The van der Waals surface area contributed by atoms with E-state index in [1.165, 1.54) is 18.2 Å². The maximum absolute atomic E-state index is 13.0. The van der Waals surface area contributed by atoms with Crippen LogP contribution < -0.4 is 9.62 Å². The van der Waals surface area contributed by atoms with Crippen LogP contribution in [-0.2, 0) is 14.8 Å². The number of amides is 1. The molecule has 0 aromatic heterocycles. The third-order valence-corrected chi connectivity index (χ3v) is 5.45. The fourth-order valence-electron chi connectivity index (χ4n) is 2.17. The van der Waals surface area contributed by atoms with Gasteiger partial charge in [-0.2, -0.15) is 0 Å². The number of sulfonamides is 1. The molecule has 1 N–H and O–H groups in total. The Labute approximate surface area is 153 Å². The second kappa shape index (κ2) is 8.36. The molecular weight excluding hydrogens is 360 g/mol. The first-order valence-electron chi connectivity index (χ1n) is 7.91. The van der Waals surface area contributed by atoms with Crippen LogP contribution in [0.2, 0.25) is 5.02 Å². The fraction of sp³-hybridized carbons (Fsp3) is 0.278. The predicted molar refractivity (Wildman–Crippen MR) is 100 cm³/mol. The van der Waals surface area contributed by atoms with Crippen LogP contribution in [0, 0.1) is 5.92 Å². The standard InChI is InChI=1S/C18H21ClN2O3S/c1-14(2)12-20-18(22)13-21(16-8-6-7-15(19)11-16)25(23,24)17-9-4-3-5-10-17/h3-11,14H,12-13H2,1-2H3,(H,20,22). The van der Waals surface area contributed by atoms with Gasteiger partial charge in [0.05, 0.1) is 10.6 Å². The number of hydrogen-bond acceptors (Lipinski definition) is 3.